The van der Waals surface area contributed by atoms with Crippen molar-refractivity contribution < 1.29 is 0 Å². The molecule has 2 aromatic carbocycles. The number of hydrogen-bond acceptors (Lipinski definition) is 1. The van der Waals surface area contributed by atoms with Gasteiger partial charge in [-0.05, 0) is 29.8 Å². The van der Waals surface area contributed by atoms with Gasteiger partial charge in [-0.1, -0.05) is 42.5 Å². The van der Waals surface area contributed by atoms with Gasteiger partial charge in [0.15, 0.2) is 0 Å². The third-order valence-corrected chi connectivity index (χ3v) is 3.44. The van der Waals surface area contributed by atoms with Crippen molar-refractivity contribution >= 4 is 16.6 Å². The highest BCUT2D eigenvalue weighted by Crippen LogP contribution is 2.25. The van der Waals surface area contributed by atoms with Crippen LogP contribution in [-0.4, -0.2) is 9.38 Å². The van der Waals surface area contributed by atoms with Crippen molar-refractivity contribution in [1.29, 1.82) is 0 Å². The maximum atomic E-state index is 4.50. The van der Waals surface area contributed by atoms with E-state index in [1.54, 1.807) is 0 Å². The molecule has 2 nitrogen and oxygen atoms in total. The van der Waals surface area contributed by atoms with E-state index in [1.165, 1.54) is 11.3 Å². The van der Waals surface area contributed by atoms with E-state index in [1.807, 2.05) is 24.4 Å². The molecule has 0 amide bonds. The molecule has 0 bridgehead atoms. The van der Waals surface area contributed by atoms with Crippen LogP contribution in [0.5, 0.6) is 0 Å². The SMILES string of the molecule is c1ccc(-c2ccc3cnc4ccccc4n23)cc1. The first-order valence-corrected chi connectivity index (χ1v) is 6.34. The average molecular weight is 244 g/mol. The average Bonchev–Trinajstić information content (AvgIpc) is 2.92. The summed E-state index contributed by atoms with van der Waals surface area (Å²) in [5.41, 5.74) is 5.71. The number of para-hydroxylation sites is 2. The van der Waals surface area contributed by atoms with Gasteiger partial charge in [-0.25, -0.2) is 0 Å². The second-order valence-electron chi connectivity index (χ2n) is 4.59. The Morgan fingerprint density at radius 1 is 0.737 bits per heavy atom. The summed E-state index contributed by atoms with van der Waals surface area (Å²) in [7, 11) is 0. The van der Waals surface area contributed by atoms with Crippen molar-refractivity contribution in [2.24, 2.45) is 0 Å². The van der Waals surface area contributed by atoms with Crippen molar-refractivity contribution in [3.05, 3.63) is 72.9 Å². The molecule has 0 saturated heterocycles. The number of benzene rings is 2. The minimum Gasteiger partial charge on any atom is -0.306 e. The Hall–Kier alpha value is -2.61. The van der Waals surface area contributed by atoms with E-state index in [9.17, 15) is 0 Å². The molecule has 0 atom stereocenters. The number of nitrogens with zero attached hydrogens (tertiary/aromatic N) is 2. The molecule has 0 fully saturated rings. The molecular formula is C17H12N2. The summed E-state index contributed by atoms with van der Waals surface area (Å²) in [6.07, 6.45) is 1.93. The van der Waals surface area contributed by atoms with Gasteiger partial charge in [0.2, 0.25) is 0 Å². The van der Waals surface area contributed by atoms with Crippen LogP contribution in [0.4, 0.5) is 0 Å². The summed E-state index contributed by atoms with van der Waals surface area (Å²) in [5, 5.41) is 0. The molecule has 0 unspecified atom stereocenters. The molecule has 4 rings (SSSR count). The van der Waals surface area contributed by atoms with Crippen LogP contribution in [0.25, 0.3) is 27.8 Å². The molecule has 0 spiro atoms. The van der Waals surface area contributed by atoms with Crippen LogP contribution in [0.15, 0.2) is 72.9 Å². The molecule has 0 radical (unpaired) electrons. The molecule has 0 saturated carbocycles. The van der Waals surface area contributed by atoms with Crippen molar-refractivity contribution in [2.75, 3.05) is 0 Å². The van der Waals surface area contributed by atoms with Crippen LogP contribution in [0.2, 0.25) is 0 Å². The molecular weight excluding hydrogens is 232 g/mol. The second-order valence-corrected chi connectivity index (χ2v) is 4.59. The first kappa shape index (κ1) is 10.3. The third-order valence-electron chi connectivity index (χ3n) is 3.44. The van der Waals surface area contributed by atoms with Gasteiger partial charge in [0.1, 0.15) is 0 Å². The van der Waals surface area contributed by atoms with Crippen LogP contribution in [0.1, 0.15) is 0 Å². The Labute approximate surface area is 111 Å². The first-order chi connectivity index (χ1) is 9.43. The standard InChI is InChI=1S/C17H12N2/c1-2-6-13(7-3-1)16-11-10-14-12-18-15-8-4-5-9-17(15)19(14)16/h1-12H. The topological polar surface area (TPSA) is 17.3 Å². The predicted molar refractivity (Wildman–Crippen MR) is 78.1 cm³/mol. The highest BCUT2D eigenvalue weighted by molar-refractivity contribution is 5.82. The highest BCUT2D eigenvalue weighted by atomic mass is 14.9. The number of aromatic nitrogens is 2. The van der Waals surface area contributed by atoms with E-state index < -0.39 is 0 Å². The monoisotopic (exact) mass is 244 g/mol. The quantitative estimate of drug-likeness (QED) is 0.491. The van der Waals surface area contributed by atoms with Gasteiger partial charge in [-0.3, -0.25) is 4.98 Å². The molecule has 90 valence electrons. The molecule has 0 aliphatic rings. The molecule has 2 aromatic heterocycles. The smallest absolute Gasteiger partial charge is 0.0871 e. The summed E-state index contributed by atoms with van der Waals surface area (Å²) in [5.74, 6) is 0. The molecule has 4 aromatic rings. The lowest BCUT2D eigenvalue weighted by molar-refractivity contribution is 1.23. The lowest BCUT2D eigenvalue weighted by Gasteiger charge is -2.07. The van der Waals surface area contributed by atoms with Crippen LogP contribution in [-0.2, 0) is 0 Å². The van der Waals surface area contributed by atoms with E-state index in [-0.39, 0.29) is 0 Å². The number of fused-ring (bicyclic) bond motifs is 3. The molecule has 0 N–H and O–H groups in total. The van der Waals surface area contributed by atoms with E-state index >= 15 is 0 Å². The zero-order chi connectivity index (χ0) is 12.7. The van der Waals surface area contributed by atoms with Gasteiger partial charge in [0, 0.05) is 0 Å². The van der Waals surface area contributed by atoms with Crippen molar-refractivity contribution in [3.63, 3.8) is 0 Å². The summed E-state index contributed by atoms with van der Waals surface area (Å²) in [6.45, 7) is 0. The van der Waals surface area contributed by atoms with Gasteiger partial charge in [-0.15, -0.1) is 0 Å². The van der Waals surface area contributed by atoms with Crippen molar-refractivity contribution in [2.45, 2.75) is 0 Å². The highest BCUT2D eigenvalue weighted by Gasteiger charge is 2.07. The molecule has 0 aliphatic carbocycles. The maximum Gasteiger partial charge on any atom is 0.0871 e. The zero-order valence-electron chi connectivity index (χ0n) is 10.3. The lowest BCUT2D eigenvalue weighted by atomic mass is 10.1. The first-order valence-electron chi connectivity index (χ1n) is 6.34. The second kappa shape index (κ2) is 3.95. The fourth-order valence-electron chi connectivity index (χ4n) is 2.55. The minimum absolute atomic E-state index is 1.02. The lowest BCUT2D eigenvalue weighted by Crippen LogP contribution is -1.92. The Balaban J connectivity index is 2.15. The zero-order valence-corrected chi connectivity index (χ0v) is 10.3. The van der Waals surface area contributed by atoms with E-state index in [0.717, 1.165) is 16.6 Å². The Morgan fingerprint density at radius 3 is 2.42 bits per heavy atom. The van der Waals surface area contributed by atoms with Gasteiger partial charge < -0.3 is 4.40 Å². The fraction of sp³-hybridized carbons (Fsp3) is 0. The number of hydrogen-bond donors (Lipinski definition) is 0. The fourth-order valence-corrected chi connectivity index (χ4v) is 2.55. The van der Waals surface area contributed by atoms with Gasteiger partial charge in [0.05, 0.1) is 28.4 Å². The van der Waals surface area contributed by atoms with E-state index in [2.05, 4.69) is 57.9 Å². The van der Waals surface area contributed by atoms with Crippen LogP contribution >= 0.6 is 0 Å². The minimum atomic E-state index is 1.02. The van der Waals surface area contributed by atoms with Gasteiger partial charge >= 0.3 is 0 Å². The molecule has 19 heavy (non-hydrogen) atoms. The summed E-state index contributed by atoms with van der Waals surface area (Å²) >= 11 is 0. The number of rotatable bonds is 1. The summed E-state index contributed by atoms with van der Waals surface area (Å²) in [4.78, 5) is 4.50. The summed E-state index contributed by atoms with van der Waals surface area (Å²) < 4.78 is 2.26. The largest absolute Gasteiger partial charge is 0.306 e. The third kappa shape index (κ3) is 1.54. The molecule has 2 heteroatoms. The van der Waals surface area contributed by atoms with E-state index in [0.29, 0.717) is 0 Å². The van der Waals surface area contributed by atoms with Gasteiger partial charge in [0.25, 0.3) is 0 Å². The summed E-state index contributed by atoms with van der Waals surface area (Å²) in [6, 6.07) is 22.9. The Morgan fingerprint density at radius 2 is 1.53 bits per heavy atom. The normalized spacial score (nSPS) is 11.2. The predicted octanol–water partition coefficient (Wildman–Crippen LogP) is 4.15. The van der Waals surface area contributed by atoms with Crippen LogP contribution < -0.4 is 0 Å². The Kier molecular flexibility index (Phi) is 2.15. The Bertz CT molecular complexity index is 860. The van der Waals surface area contributed by atoms with Crippen molar-refractivity contribution in [3.8, 4) is 11.3 Å². The van der Waals surface area contributed by atoms with E-state index in [4.69, 9.17) is 0 Å². The van der Waals surface area contributed by atoms with Crippen LogP contribution in [0, 0.1) is 0 Å². The van der Waals surface area contributed by atoms with Crippen molar-refractivity contribution in [1.82, 2.24) is 9.38 Å². The van der Waals surface area contributed by atoms with Crippen LogP contribution in [0.3, 0.4) is 0 Å². The molecule has 2 heterocycles. The maximum absolute atomic E-state index is 4.50. The molecule has 0 aliphatic heterocycles. The van der Waals surface area contributed by atoms with Gasteiger partial charge in [-0.2, -0.15) is 0 Å².